The zero-order valence-corrected chi connectivity index (χ0v) is 16.1. The highest BCUT2D eigenvalue weighted by atomic mass is 32.2. The van der Waals surface area contributed by atoms with Crippen molar-refractivity contribution in [2.75, 3.05) is 6.54 Å². The highest BCUT2D eigenvalue weighted by Crippen LogP contribution is 2.34. The summed E-state index contributed by atoms with van der Waals surface area (Å²) in [6.07, 6.45) is 5.45. The Labute approximate surface area is 165 Å². The molecule has 1 aliphatic heterocycles. The topological polar surface area (TPSA) is 78.1 Å². The average Bonchev–Trinajstić information content (AvgIpc) is 3.23. The third kappa shape index (κ3) is 4.61. The maximum Gasteiger partial charge on any atom is 0.266 e. The number of nitrogens with zero attached hydrogens (tertiary/aromatic N) is 2. The molecule has 2 aromatic rings. The number of thiocarbonyl (C=S) groups is 1. The molecule has 1 atom stereocenters. The highest BCUT2D eigenvalue weighted by molar-refractivity contribution is 8.26. The van der Waals surface area contributed by atoms with Gasteiger partial charge in [0, 0.05) is 24.9 Å². The Kier molecular flexibility index (Phi) is 6.02. The van der Waals surface area contributed by atoms with Crippen molar-refractivity contribution in [2.45, 2.75) is 19.4 Å². The molecule has 2 heterocycles. The molecule has 0 saturated carbocycles. The number of carbonyl (C=O) groups is 2. The number of aromatic nitrogens is 2. The summed E-state index contributed by atoms with van der Waals surface area (Å²) in [7, 11) is 0. The summed E-state index contributed by atoms with van der Waals surface area (Å²) in [6, 6.07) is 5.19. The summed E-state index contributed by atoms with van der Waals surface area (Å²) in [5, 5.41) is 2.79. The van der Waals surface area contributed by atoms with E-state index in [0.29, 0.717) is 27.8 Å². The summed E-state index contributed by atoms with van der Waals surface area (Å²) in [6.45, 7) is 2.04. The van der Waals surface area contributed by atoms with E-state index in [1.165, 1.54) is 17.0 Å². The van der Waals surface area contributed by atoms with Gasteiger partial charge in [0.25, 0.3) is 5.91 Å². The number of benzene rings is 1. The molecule has 2 N–H and O–H groups in total. The number of rotatable bonds is 6. The van der Waals surface area contributed by atoms with Crippen LogP contribution in [0.1, 0.15) is 18.2 Å². The summed E-state index contributed by atoms with van der Waals surface area (Å²) >= 11 is 6.37. The van der Waals surface area contributed by atoms with Crippen molar-refractivity contribution >= 4 is 46.2 Å². The van der Waals surface area contributed by atoms with Crippen LogP contribution in [0.2, 0.25) is 0 Å². The number of hydrogen-bond acceptors (Lipinski definition) is 5. The predicted octanol–water partition coefficient (Wildman–Crippen LogP) is 2.50. The van der Waals surface area contributed by atoms with Crippen molar-refractivity contribution in [3.63, 3.8) is 0 Å². The van der Waals surface area contributed by atoms with Gasteiger partial charge < -0.3 is 10.3 Å². The van der Waals surface area contributed by atoms with E-state index in [2.05, 4.69) is 15.3 Å². The summed E-state index contributed by atoms with van der Waals surface area (Å²) in [4.78, 5) is 33.6. The zero-order valence-electron chi connectivity index (χ0n) is 14.4. The number of carbonyl (C=O) groups excluding carboxylic acids is 2. The minimum atomic E-state index is -0.738. The van der Waals surface area contributed by atoms with E-state index in [4.69, 9.17) is 12.2 Å². The second kappa shape index (κ2) is 8.45. The predicted molar refractivity (Wildman–Crippen MR) is 106 cm³/mol. The van der Waals surface area contributed by atoms with Crippen LogP contribution in [-0.4, -0.2) is 43.6 Å². The molecule has 1 aromatic carbocycles. The molecule has 1 unspecified atom stereocenters. The van der Waals surface area contributed by atoms with Crippen LogP contribution in [0, 0.1) is 5.82 Å². The molecule has 140 valence electrons. The number of thioether (sulfide) groups is 1. The van der Waals surface area contributed by atoms with Gasteiger partial charge in [-0.2, -0.15) is 0 Å². The average molecular weight is 404 g/mol. The van der Waals surface area contributed by atoms with Crippen LogP contribution < -0.4 is 5.32 Å². The molecular weight excluding hydrogens is 387 g/mol. The van der Waals surface area contributed by atoms with Gasteiger partial charge >= 0.3 is 0 Å². The Morgan fingerprint density at radius 3 is 3.04 bits per heavy atom. The highest BCUT2D eigenvalue weighted by Gasteiger charge is 2.38. The first-order valence-corrected chi connectivity index (χ1v) is 9.46. The first-order chi connectivity index (χ1) is 13.0. The molecule has 1 aliphatic rings. The van der Waals surface area contributed by atoms with Gasteiger partial charge in [-0.15, -0.1) is 0 Å². The molecule has 3 rings (SSSR count). The van der Waals surface area contributed by atoms with Gasteiger partial charge in [0.1, 0.15) is 16.2 Å². The lowest BCUT2D eigenvalue weighted by Gasteiger charge is -2.22. The first-order valence-electron chi connectivity index (χ1n) is 8.23. The zero-order chi connectivity index (χ0) is 19.4. The second-order valence-electron chi connectivity index (χ2n) is 5.90. The Morgan fingerprint density at radius 1 is 1.52 bits per heavy atom. The SMILES string of the molecule is CC(C(=O)NCCc1cnc[nH]1)N1C(=O)/C(=C/c2cccc(F)c2)SC1=S. The van der Waals surface area contributed by atoms with E-state index in [1.54, 1.807) is 37.7 Å². The van der Waals surface area contributed by atoms with Gasteiger partial charge in [0.05, 0.1) is 11.2 Å². The fourth-order valence-corrected chi connectivity index (χ4v) is 3.99. The van der Waals surface area contributed by atoms with Gasteiger partial charge in [0.15, 0.2) is 0 Å². The van der Waals surface area contributed by atoms with Crippen molar-refractivity contribution in [3.8, 4) is 0 Å². The molecule has 1 aromatic heterocycles. The number of hydrogen-bond donors (Lipinski definition) is 2. The molecule has 0 bridgehead atoms. The number of imidazole rings is 1. The van der Waals surface area contributed by atoms with Gasteiger partial charge in [0.2, 0.25) is 5.91 Å². The Balaban J connectivity index is 1.64. The van der Waals surface area contributed by atoms with Gasteiger partial charge in [-0.25, -0.2) is 9.37 Å². The molecule has 0 radical (unpaired) electrons. The van der Waals surface area contributed by atoms with Crippen LogP contribution in [-0.2, 0) is 16.0 Å². The van der Waals surface area contributed by atoms with Crippen LogP contribution in [0.3, 0.4) is 0 Å². The maximum atomic E-state index is 13.3. The second-order valence-corrected chi connectivity index (χ2v) is 7.58. The Bertz CT molecular complexity index is 899. The third-order valence-corrected chi connectivity index (χ3v) is 5.32. The lowest BCUT2D eigenvalue weighted by Crippen LogP contribution is -2.47. The standard InChI is InChI=1S/C18H17FN4O2S2/c1-11(16(24)21-6-5-14-9-20-10-22-14)23-17(25)15(27-18(23)26)8-12-3-2-4-13(19)7-12/h2-4,7-11H,5-6H2,1H3,(H,20,22)(H,21,24)/b15-8-. The molecule has 27 heavy (non-hydrogen) atoms. The minimum absolute atomic E-state index is 0.294. The quantitative estimate of drug-likeness (QED) is 0.571. The summed E-state index contributed by atoms with van der Waals surface area (Å²) in [5.41, 5.74) is 1.47. The molecule has 0 spiro atoms. The van der Waals surface area contributed by atoms with Crippen LogP contribution in [0.4, 0.5) is 4.39 Å². The van der Waals surface area contributed by atoms with Gasteiger partial charge in [-0.1, -0.05) is 36.1 Å². The van der Waals surface area contributed by atoms with E-state index >= 15 is 0 Å². The van der Waals surface area contributed by atoms with Crippen molar-refractivity contribution in [3.05, 3.63) is 58.8 Å². The molecule has 6 nitrogen and oxygen atoms in total. The molecular formula is C18H17FN4O2S2. The molecule has 1 saturated heterocycles. The Hall–Kier alpha value is -2.52. The first kappa shape index (κ1) is 19.2. The molecule has 9 heteroatoms. The summed E-state index contributed by atoms with van der Waals surface area (Å²) in [5.74, 6) is -1.03. The van der Waals surface area contributed by atoms with Crippen molar-refractivity contribution in [1.29, 1.82) is 0 Å². The normalized spacial score (nSPS) is 16.8. The van der Waals surface area contributed by atoms with E-state index in [-0.39, 0.29) is 17.6 Å². The van der Waals surface area contributed by atoms with Crippen LogP contribution >= 0.6 is 24.0 Å². The fourth-order valence-electron chi connectivity index (χ4n) is 2.57. The third-order valence-electron chi connectivity index (χ3n) is 3.99. The van der Waals surface area contributed by atoms with Crippen molar-refractivity contribution in [2.24, 2.45) is 0 Å². The number of nitrogens with one attached hydrogen (secondary N) is 2. The van der Waals surface area contributed by atoms with Crippen LogP contribution in [0.15, 0.2) is 41.7 Å². The number of amides is 2. The molecule has 0 aliphatic carbocycles. The van der Waals surface area contributed by atoms with Gasteiger partial charge in [-0.05, 0) is 30.7 Å². The number of H-pyrrole nitrogens is 1. The molecule has 2 amide bonds. The smallest absolute Gasteiger partial charge is 0.266 e. The van der Waals surface area contributed by atoms with E-state index in [0.717, 1.165) is 17.5 Å². The maximum absolute atomic E-state index is 13.3. The largest absolute Gasteiger partial charge is 0.354 e. The number of aromatic amines is 1. The van der Waals surface area contributed by atoms with E-state index < -0.39 is 6.04 Å². The fraction of sp³-hybridized carbons (Fsp3) is 0.222. The molecule has 1 fully saturated rings. The van der Waals surface area contributed by atoms with Crippen molar-refractivity contribution in [1.82, 2.24) is 20.2 Å². The van der Waals surface area contributed by atoms with Crippen molar-refractivity contribution < 1.29 is 14.0 Å². The Morgan fingerprint density at radius 2 is 2.33 bits per heavy atom. The summed E-state index contributed by atoms with van der Waals surface area (Å²) < 4.78 is 13.6. The van der Waals surface area contributed by atoms with E-state index in [9.17, 15) is 14.0 Å². The number of halogens is 1. The minimum Gasteiger partial charge on any atom is -0.354 e. The lowest BCUT2D eigenvalue weighted by molar-refractivity contribution is -0.132. The van der Waals surface area contributed by atoms with E-state index in [1.807, 2.05) is 0 Å². The lowest BCUT2D eigenvalue weighted by atomic mass is 10.2. The van der Waals surface area contributed by atoms with Gasteiger partial charge in [-0.3, -0.25) is 14.5 Å². The van der Waals surface area contributed by atoms with Crippen LogP contribution in [0.25, 0.3) is 6.08 Å². The van der Waals surface area contributed by atoms with Crippen LogP contribution in [0.5, 0.6) is 0 Å². The monoisotopic (exact) mass is 404 g/mol.